The van der Waals surface area contributed by atoms with Crippen molar-refractivity contribution < 1.29 is 14.6 Å². The molecular formula is C9H15NO3. The largest absolute Gasteiger partial charge is 0.480 e. The van der Waals surface area contributed by atoms with E-state index in [9.17, 15) is 4.79 Å². The van der Waals surface area contributed by atoms with Crippen molar-refractivity contribution in [3.8, 4) is 0 Å². The Balaban J connectivity index is 2.03. The molecule has 4 heteroatoms. The molecule has 13 heavy (non-hydrogen) atoms. The number of carbonyl (C=O) groups is 1. The molecule has 3 aliphatic rings. The SMILES string of the molecule is CC[C@@H](C(=O)O)N1[C@H]2COC[C@H]1C2. The first-order valence-corrected chi connectivity index (χ1v) is 4.82. The van der Waals surface area contributed by atoms with Crippen molar-refractivity contribution in [2.24, 2.45) is 0 Å². The Kier molecular flexibility index (Phi) is 2.26. The Morgan fingerprint density at radius 3 is 2.62 bits per heavy atom. The molecule has 0 amide bonds. The fraction of sp³-hybridized carbons (Fsp3) is 0.889. The van der Waals surface area contributed by atoms with Crippen molar-refractivity contribution in [1.82, 2.24) is 4.90 Å². The highest BCUT2D eigenvalue weighted by molar-refractivity contribution is 5.73. The number of morpholine rings is 1. The molecule has 0 aromatic rings. The molecule has 3 rings (SSSR count). The molecule has 0 spiro atoms. The summed E-state index contributed by atoms with van der Waals surface area (Å²) >= 11 is 0. The predicted octanol–water partition coefficient (Wildman–Crippen LogP) is 0.323. The van der Waals surface area contributed by atoms with E-state index < -0.39 is 5.97 Å². The van der Waals surface area contributed by atoms with E-state index in [4.69, 9.17) is 9.84 Å². The van der Waals surface area contributed by atoms with E-state index in [1.807, 2.05) is 6.92 Å². The molecule has 1 N–H and O–H groups in total. The van der Waals surface area contributed by atoms with E-state index in [1.165, 1.54) is 0 Å². The lowest BCUT2D eigenvalue weighted by molar-refractivity contribution is -0.172. The van der Waals surface area contributed by atoms with Gasteiger partial charge >= 0.3 is 5.97 Å². The van der Waals surface area contributed by atoms with Crippen LogP contribution in [-0.2, 0) is 9.53 Å². The summed E-state index contributed by atoms with van der Waals surface area (Å²) in [7, 11) is 0. The van der Waals surface area contributed by atoms with Crippen LogP contribution in [0.5, 0.6) is 0 Å². The van der Waals surface area contributed by atoms with Gasteiger partial charge in [0, 0.05) is 12.1 Å². The standard InChI is InChI=1S/C9H15NO3/c1-2-8(9(11)12)10-6-3-7(10)5-13-4-6/h6-8H,2-5H2,1H3,(H,11,12)/t6-,7-,8+/m1/s1. The van der Waals surface area contributed by atoms with Gasteiger partial charge < -0.3 is 9.84 Å². The van der Waals surface area contributed by atoms with Gasteiger partial charge in [0.2, 0.25) is 0 Å². The summed E-state index contributed by atoms with van der Waals surface area (Å²) in [5.41, 5.74) is 0. The molecule has 4 nitrogen and oxygen atoms in total. The Bertz CT molecular complexity index is 205. The molecule has 0 unspecified atom stereocenters. The summed E-state index contributed by atoms with van der Waals surface area (Å²) in [6.07, 6.45) is 1.80. The topological polar surface area (TPSA) is 49.8 Å². The van der Waals surface area contributed by atoms with E-state index in [0.29, 0.717) is 31.7 Å². The molecule has 3 fully saturated rings. The van der Waals surface area contributed by atoms with Gasteiger partial charge in [-0.05, 0) is 12.8 Å². The first-order chi connectivity index (χ1) is 6.24. The molecule has 0 aromatic carbocycles. The molecule has 2 bridgehead atoms. The maximum atomic E-state index is 10.9. The zero-order valence-electron chi connectivity index (χ0n) is 7.77. The third kappa shape index (κ3) is 1.34. The van der Waals surface area contributed by atoms with Gasteiger partial charge in [-0.15, -0.1) is 0 Å². The van der Waals surface area contributed by atoms with Crippen LogP contribution in [0.3, 0.4) is 0 Å². The normalized spacial score (nSPS) is 35.2. The lowest BCUT2D eigenvalue weighted by atomic mass is 9.88. The third-order valence-electron chi connectivity index (χ3n) is 3.04. The van der Waals surface area contributed by atoms with Crippen molar-refractivity contribution in [2.75, 3.05) is 13.2 Å². The van der Waals surface area contributed by atoms with Crippen LogP contribution in [0.25, 0.3) is 0 Å². The van der Waals surface area contributed by atoms with Crippen molar-refractivity contribution in [1.29, 1.82) is 0 Å². The van der Waals surface area contributed by atoms with Crippen molar-refractivity contribution in [3.05, 3.63) is 0 Å². The zero-order valence-corrected chi connectivity index (χ0v) is 7.77. The number of aliphatic carboxylic acids is 1. The lowest BCUT2D eigenvalue weighted by Crippen LogP contribution is -2.68. The first kappa shape index (κ1) is 8.97. The Morgan fingerprint density at radius 2 is 2.23 bits per heavy atom. The maximum Gasteiger partial charge on any atom is 0.320 e. The van der Waals surface area contributed by atoms with E-state index >= 15 is 0 Å². The summed E-state index contributed by atoms with van der Waals surface area (Å²) < 4.78 is 5.30. The Morgan fingerprint density at radius 1 is 1.62 bits per heavy atom. The number of rotatable bonds is 3. The minimum Gasteiger partial charge on any atom is -0.480 e. The summed E-state index contributed by atoms with van der Waals surface area (Å²) in [4.78, 5) is 13.0. The van der Waals surface area contributed by atoms with Crippen LogP contribution in [-0.4, -0.2) is 47.3 Å². The number of carboxylic acid groups (broad SMARTS) is 1. The van der Waals surface area contributed by atoms with Crippen LogP contribution in [0.1, 0.15) is 19.8 Å². The van der Waals surface area contributed by atoms with Gasteiger partial charge in [-0.25, -0.2) is 0 Å². The molecular weight excluding hydrogens is 170 g/mol. The molecule has 3 aliphatic heterocycles. The second kappa shape index (κ2) is 3.27. The molecule has 0 aromatic heterocycles. The van der Waals surface area contributed by atoms with Crippen LogP contribution in [0.15, 0.2) is 0 Å². The summed E-state index contributed by atoms with van der Waals surface area (Å²) in [5, 5.41) is 8.98. The summed E-state index contributed by atoms with van der Waals surface area (Å²) in [6, 6.07) is 0.423. The molecule has 3 atom stereocenters. The average Bonchev–Trinajstić information content (AvgIpc) is 2.14. The van der Waals surface area contributed by atoms with Gasteiger partial charge in [-0.1, -0.05) is 6.92 Å². The maximum absolute atomic E-state index is 10.9. The number of hydrogen-bond acceptors (Lipinski definition) is 3. The van der Waals surface area contributed by atoms with Crippen LogP contribution in [0.4, 0.5) is 0 Å². The molecule has 74 valence electrons. The van der Waals surface area contributed by atoms with Gasteiger partial charge in [-0.3, -0.25) is 9.69 Å². The molecule has 3 heterocycles. The smallest absolute Gasteiger partial charge is 0.320 e. The summed E-state index contributed by atoms with van der Waals surface area (Å²) in [5.74, 6) is -0.695. The van der Waals surface area contributed by atoms with Gasteiger partial charge in [0.1, 0.15) is 6.04 Å². The first-order valence-electron chi connectivity index (χ1n) is 4.82. The fourth-order valence-electron chi connectivity index (χ4n) is 2.39. The minimum atomic E-state index is -0.695. The second-order valence-corrected chi connectivity index (χ2v) is 3.79. The predicted molar refractivity (Wildman–Crippen MR) is 46.6 cm³/mol. The van der Waals surface area contributed by atoms with Crippen molar-refractivity contribution in [3.63, 3.8) is 0 Å². The van der Waals surface area contributed by atoms with Crippen molar-refractivity contribution >= 4 is 5.97 Å². The monoisotopic (exact) mass is 185 g/mol. The highest BCUT2D eigenvalue weighted by Crippen LogP contribution is 2.33. The van der Waals surface area contributed by atoms with Crippen LogP contribution in [0.2, 0.25) is 0 Å². The third-order valence-corrected chi connectivity index (χ3v) is 3.04. The van der Waals surface area contributed by atoms with Gasteiger partial charge in [0.05, 0.1) is 13.2 Å². The van der Waals surface area contributed by atoms with Crippen LogP contribution in [0, 0.1) is 0 Å². The highest BCUT2D eigenvalue weighted by atomic mass is 16.5. The lowest BCUT2D eigenvalue weighted by Gasteiger charge is -2.54. The van der Waals surface area contributed by atoms with Gasteiger partial charge in [-0.2, -0.15) is 0 Å². The average molecular weight is 185 g/mol. The summed E-state index contributed by atoms with van der Waals surface area (Å²) in [6.45, 7) is 3.34. The molecule has 3 saturated heterocycles. The Hall–Kier alpha value is -0.610. The second-order valence-electron chi connectivity index (χ2n) is 3.79. The van der Waals surface area contributed by atoms with E-state index in [2.05, 4.69) is 4.90 Å². The Labute approximate surface area is 77.5 Å². The number of carboxylic acids is 1. The van der Waals surface area contributed by atoms with Gasteiger partial charge in [0.25, 0.3) is 0 Å². The molecule has 0 saturated carbocycles. The van der Waals surface area contributed by atoms with Crippen LogP contribution >= 0.6 is 0 Å². The van der Waals surface area contributed by atoms with E-state index in [-0.39, 0.29) is 6.04 Å². The van der Waals surface area contributed by atoms with Crippen molar-refractivity contribution in [2.45, 2.75) is 37.9 Å². The number of fused-ring (bicyclic) bond motifs is 2. The van der Waals surface area contributed by atoms with Gasteiger partial charge in [0.15, 0.2) is 0 Å². The van der Waals surface area contributed by atoms with Crippen LogP contribution < -0.4 is 0 Å². The fourth-order valence-corrected chi connectivity index (χ4v) is 2.39. The number of hydrogen-bond donors (Lipinski definition) is 1. The minimum absolute atomic E-state index is 0.298. The number of ether oxygens (including phenoxy) is 1. The highest BCUT2D eigenvalue weighted by Gasteiger charge is 2.47. The number of nitrogens with zero attached hydrogens (tertiary/aromatic N) is 1. The molecule has 0 radical (unpaired) electrons. The molecule has 0 aliphatic carbocycles. The van der Waals surface area contributed by atoms with E-state index in [0.717, 1.165) is 6.42 Å². The zero-order chi connectivity index (χ0) is 9.42. The van der Waals surface area contributed by atoms with E-state index in [1.54, 1.807) is 0 Å². The quantitative estimate of drug-likeness (QED) is 0.688.